The number of fused-ring (bicyclic) bond motifs is 3. The Kier molecular flexibility index (Phi) is 3.81. The van der Waals surface area contributed by atoms with E-state index in [-0.39, 0.29) is 11.4 Å². The molecule has 118 valence electrons. The van der Waals surface area contributed by atoms with Gasteiger partial charge in [-0.3, -0.25) is 9.36 Å². The van der Waals surface area contributed by atoms with Crippen LogP contribution in [-0.4, -0.2) is 9.55 Å². The molecule has 4 rings (SSSR count). The second kappa shape index (κ2) is 5.83. The topological polar surface area (TPSA) is 34.9 Å². The molecule has 0 N–H and O–H groups in total. The minimum absolute atomic E-state index is 0.00521. The predicted molar refractivity (Wildman–Crippen MR) is 93.7 cm³/mol. The first-order valence-corrected chi connectivity index (χ1v) is 9.18. The van der Waals surface area contributed by atoms with Crippen molar-refractivity contribution < 1.29 is 4.39 Å². The molecule has 0 radical (unpaired) electrons. The molecule has 0 fully saturated rings. The van der Waals surface area contributed by atoms with Gasteiger partial charge in [0, 0.05) is 9.35 Å². The molecule has 0 aliphatic heterocycles. The fourth-order valence-corrected chi connectivity index (χ4v) is 4.82. The third kappa shape index (κ3) is 2.64. The average Bonchev–Trinajstić information content (AvgIpc) is 2.91. The molecule has 6 heteroatoms. The summed E-state index contributed by atoms with van der Waals surface area (Å²) in [5.74, 6) is -0.298. The fourth-order valence-electron chi connectivity index (χ4n) is 3.13. The lowest BCUT2D eigenvalue weighted by Crippen LogP contribution is -2.22. The van der Waals surface area contributed by atoms with E-state index < -0.39 is 0 Å². The third-order valence-electron chi connectivity index (χ3n) is 4.30. The minimum Gasteiger partial charge on any atom is -0.294 e. The monoisotopic (exact) mass is 392 g/mol. The largest absolute Gasteiger partial charge is 0.294 e. The van der Waals surface area contributed by atoms with Crippen LogP contribution in [0.25, 0.3) is 10.2 Å². The number of aryl methyl sites for hydroxylation is 2. The molecule has 1 aliphatic carbocycles. The van der Waals surface area contributed by atoms with Crippen molar-refractivity contribution in [3.63, 3.8) is 0 Å². The van der Waals surface area contributed by atoms with Gasteiger partial charge in [-0.05, 0) is 48.9 Å². The fraction of sp³-hybridized carbons (Fsp3) is 0.294. The summed E-state index contributed by atoms with van der Waals surface area (Å²) < 4.78 is 15.5. The van der Waals surface area contributed by atoms with Crippen LogP contribution in [0, 0.1) is 5.82 Å². The molecular weight excluding hydrogens is 379 g/mol. The van der Waals surface area contributed by atoms with E-state index in [4.69, 9.17) is 0 Å². The number of thiophene rings is 1. The summed E-state index contributed by atoms with van der Waals surface area (Å²) in [6.45, 7) is 0.382. The number of rotatable bonds is 2. The van der Waals surface area contributed by atoms with Crippen LogP contribution in [0.4, 0.5) is 4.39 Å². The van der Waals surface area contributed by atoms with Crippen molar-refractivity contribution in [1.82, 2.24) is 9.55 Å². The molecule has 2 heterocycles. The molecule has 0 bridgehead atoms. The summed E-state index contributed by atoms with van der Waals surface area (Å²) in [5, 5.41) is 0.783. The summed E-state index contributed by atoms with van der Waals surface area (Å²) in [6.07, 6.45) is 5.95. The lowest BCUT2D eigenvalue weighted by molar-refractivity contribution is 0.624. The highest BCUT2D eigenvalue weighted by Crippen LogP contribution is 2.33. The van der Waals surface area contributed by atoms with Crippen LogP contribution in [-0.2, 0) is 19.4 Å². The van der Waals surface area contributed by atoms with E-state index in [0.29, 0.717) is 11.0 Å². The highest BCUT2D eigenvalue weighted by Gasteiger charge is 2.20. The van der Waals surface area contributed by atoms with Gasteiger partial charge < -0.3 is 0 Å². The van der Waals surface area contributed by atoms with Crippen molar-refractivity contribution in [2.45, 2.75) is 32.2 Å². The molecule has 3 nitrogen and oxygen atoms in total. The van der Waals surface area contributed by atoms with Crippen LogP contribution in [0.15, 0.2) is 33.8 Å². The van der Waals surface area contributed by atoms with Gasteiger partial charge in [-0.25, -0.2) is 9.37 Å². The zero-order valence-electron chi connectivity index (χ0n) is 12.3. The Morgan fingerprint density at radius 3 is 2.96 bits per heavy atom. The van der Waals surface area contributed by atoms with Crippen LogP contribution in [0.2, 0.25) is 0 Å². The highest BCUT2D eigenvalue weighted by molar-refractivity contribution is 9.10. The Labute approximate surface area is 144 Å². The maximum Gasteiger partial charge on any atom is 0.262 e. The molecule has 0 amide bonds. The van der Waals surface area contributed by atoms with Gasteiger partial charge >= 0.3 is 0 Å². The Hall–Kier alpha value is -1.53. The second-order valence-corrected chi connectivity index (χ2v) is 7.74. The van der Waals surface area contributed by atoms with Gasteiger partial charge in [0.1, 0.15) is 10.6 Å². The van der Waals surface area contributed by atoms with Crippen LogP contribution >= 0.6 is 27.3 Å². The van der Waals surface area contributed by atoms with Crippen LogP contribution in [0.5, 0.6) is 0 Å². The van der Waals surface area contributed by atoms with Gasteiger partial charge in [0.05, 0.1) is 18.3 Å². The van der Waals surface area contributed by atoms with Crippen LogP contribution in [0.1, 0.15) is 28.8 Å². The first kappa shape index (κ1) is 15.0. The van der Waals surface area contributed by atoms with Gasteiger partial charge in [-0.15, -0.1) is 11.3 Å². The molecule has 0 saturated carbocycles. The number of hydrogen-bond donors (Lipinski definition) is 0. The summed E-state index contributed by atoms with van der Waals surface area (Å²) in [6, 6.07) is 4.52. The SMILES string of the molecule is O=c1c2c3c(sc2ncn1Cc1ccc(F)cc1Br)CCCC3. The molecule has 0 spiro atoms. The van der Waals surface area contributed by atoms with Crippen LogP contribution < -0.4 is 5.56 Å². The Morgan fingerprint density at radius 1 is 1.30 bits per heavy atom. The van der Waals surface area contributed by atoms with Crippen molar-refractivity contribution in [1.29, 1.82) is 0 Å². The van der Waals surface area contributed by atoms with Gasteiger partial charge in [0.15, 0.2) is 0 Å². The lowest BCUT2D eigenvalue weighted by Gasteiger charge is -2.11. The van der Waals surface area contributed by atoms with Crippen molar-refractivity contribution in [3.05, 3.63) is 61.2 Å². The van der Waals surface area contributed by atoms with Crippen molar-refractivity contribution >= 4 is 37.5 Å². The van der Waals surface area contributed by atoms with Gasteiger partial charge in [0.2, 0.25) is 0 Å². The van der Waals surface area contributed by atoms with Gasteiger partial charge in [-0.2, -0.15) is 0 Å². The molecule has 1 aromatic carbocycles. The van der Waals surface area contributed by atoms with Crippen LogP contribution in [0.3, 0.4) is 0 Å². The quantitative estimate of drug-likeness (QED) is 0.651. The Balaban J connectivity index is 1.82. The predicted octanol–water partition coefficient (Wildman–Crippen LogP) is 4.29. The van der Waals surface area contributed by atoms with Gasteiger partial charge in [0.25, 0.3) is 5.56 Å². The number of halogens is 2. The normalized spacial score (nSPS) is 14.2. The maximum absolute atomic E-state index is 13.2. The summed E-state index contributed by atoms with van der Waals surface area (Å²) in [7, 11) is 0. The zero-order valence-corrected chi connectivity index (χ0v) is 14.7. The summed E-state index contributed by atoms with van der Waals surface area (Å²) in [5.41, 5.74) is 2.06. The second-order valence-electron chi connectivity index (χ2n) is 5.80. The van der Waals surface area contributed by atoms with E-state index in [1.807, 2.05) is 0 Å². The van der Waals surface area contributed by atoms with E-state index in [1.54, 1.807) is 28.3 Å². The summed E-state index contributed by atoms with van der Waals surface area (Å²) in [4.78, 5) is 19.5. The lowest BCUT2D eigenvalue weighted by atomic mass is 9.97. The molecule has 2 aromatic heterocycles. The minimum atomic E-state index is -0.298. The molecular formula is C17H14BrFN2OS. The molecule has 3 aromatic rings. The van der Waals surface area contributed by atoms with Crippen molar-refractivity contribution in [2.24, 2.45) is 0 Å². The summed E-state index contributed by atoms with van der Waals surface area (Å²) >= 11 is 5.01. The molecule has 1 aliphatic rings. The van der Waals surface area contributed by atoms with E-state index in [2.05, 4.69) is 20.9 Å². The molecule has 0 atom stereocenters. The Bertz CT molecular complexity index is 963. The average molecular weight is 393 g/mol. The zero-order chi connectivity index (χ0) is 16.0. The molecule has 0 unspecified atom stereocenters. The van der Waals surface area contributed by atoms with Crippen molar-refractivity contribution in [3.8, 4) is 0 Å². The van der Waals surface area contributed by atoms with E-state index >= 15 is 0 Å². The van der Waals surface area contributed by atoms with Crippen molar-refractivity contribution in [2.75, 3.05) is 0 Å². The smallest absolute Gasteiger partial charge is 0.262 e. The van der Waals surface area contributed by atoms with Gasteiger partial charge in [-0.1, -0.05) is 22.0 Å². The van der Waals surface area contributed by atoms with E-state index in [1.165, 1.54) is 29.0 Å². The number of nitrogens with zero attached hydrogens (tertiary/aromatic N) is 2. The van der Waals surface area contributed by atoms with E-state index in [9.17, 15) is 9.18 Å². The van der Waals surface area contributed by atoms with E-state index in [0.717, 1.165) is 35.0 Å². The first-order valence-electron chi connectivity index (χ1n) is 7.57. The third-order valence-corrected chi connectivity index (χ3v) is 6.24. The molecule has 0 saturated heterocycles. The number of benzene rings is 1. The number of aromatic nitrogens is 2. The first-order chi connectivity index (χ1) is 11.1. The standard InChI is InChI=1S/C17H14BrFN2OS/c18-13-7-11(19)6-5-10(13)8-21-9-20-16-15(17(21)22)12-3-1-2-4-14(12)23-16/h5-7,9H,1-4,8H2. The number of hydrogen-bond acceptors (Lipinski definition) is 3. The maximum atomic E-state index is 13.2. The molecule has 23 heavy (non-hydrogen) atoms. The Morgan fingerprint density at radius 2 is 2.13 bits per heavy atom. The highest BCUT2D eigenvalue weighted by atomic mass is 79.9.